The summed E-state index contributed by atoms with van der Waals surface area (Å²) in [6.45, 7) is 3.22. The van der Waals surface area contributed by atoms with Crippen LogP contribution in [0.1, 0.15) is 10.4 Å². The number of ether oxygens (including phenoxy) is 1. The van der Waals surface area contributed by atoms with Crippen LogP contribution in [0.3, 0.4) is 0 Å². The van der Waals surface area contributed by atoms with Crippen LogP contribution >= 0.6 is 15.9 Å². The van der Waals surface area contributed by atoms with Gasteiger partial charge in [-0.15, -0.1) is 0 Å². The Kier molecular flexibility index (Phi) is 3.46. The summed E-state index contributed by atoms with van der Waals surface area (Å²) in [6, 6.07) is 5.42. The molecule has 5 heteroatoms. The van der Waals surface area contributed by atoms with Crippen molar-refractivity contribution in [1.29, 1.82) is 0 Å². The lowest BCUT2D eigenvalue weighted by atomic mass is 10.2. The minimum Gasteiger partial charge on any atom is -0.378 e. The molecule has 1 aromatic carbocycles. The zero-order chi connectivity index (χ0) is 11.5. The van der Waals surface area contributed by atoms with Gasteiger partial charge in [0.05, 0.1) is 18.9 Å². The number of hydrogen-bond acceptors (Lipinski definition) is 3. The van der Waals surface area contributed by atoms with E-state index in [1.807, 2.05) is 6.07 Å². The first-order valence-electron chi connectivity index (χ1n) is 5.10. The van der Waals surface area contributed by atoms with Crippen LogP contribution in [0.2, 0.25) is 0 Å². The molecule has 1 aliphatic rings. The van der Waals surface area contributed by atoms with Gasteiger partial charge in [0, 0.05) is 23.1 Å². The number of hydrogen-bond donors (Lipinski definition) is 1. The van der Waals surface area contributed by atoms with E-state index in [2.05, 4.69) is 20.8 Å². The van der Waals surface area contributed by atoms with Crippen LogP contribution in [0.5, 0.6) is 0 Å². The number of carbonyl (C=O) groups excluding carboxylic acids is 1. The highest BCUT2D eigenvalue weighted by Crippen LogP contribution is 2.27. The molecule has 0 aromatic heterocycles. The molecule has 1 aliphatic heterocycles. The lowest BCUT2D eigenvalue weighted by molar-refractivity contribution is 0.1000. The van der Waals surface area contributed by atoms with Crippen molar-refractivity contribution in [3.63, 3.8) is 0 Å². The summed E-state index contributed by atoms with van der Waals surface area (Å²) in [5, 5.41) is 0. The molecular formula is C11H13BrN2O2. The van der Waals surface area contributed by atoms with Crippen molar-refractivity contribution in [2.75, 3.05) is 31.2 Å². The van der Waals surface area contributed by atoms with Crippen molar-refractivity contribution in [2.45, 2.75) is 0 Å². The number of carbonyl (C=O) groups is 1. The second-order valence-electron chi connectivity index (χ2n) is 3.63. The molecular weight excluding hydrogens is 272 g/mol. The Morgan fingerprint density at radius 2 is 2.06 bits per heavy atom. The standard InChI is InChI=1S/C11H13BrN2O2/c12-9-7-8(11(13)15)1-2-10(9)14-3-5-16-6-4-14/h1-2,7H,3-6H2,(H2,13,15). The lowest BCUT2D eigenvalue weighted by Gasteiger charge is -2.29. The van der Waals surface area contributed by atoms with Crippen molar-refractivity contribution in [3.8, 4) is 0 Å². The third-order valence-corrected chi connectivity index (χ3v) is 3.22. The number of morpholine rings is 1. The maximum absolute atomic E-state index is 11.0. The molecule has 86 valence electrons. The molecule has 2 N–H and O–H groups in total. The van der Waals surface area contributed by atoms with Gasteiger partial charge >= 0.3 is 0 Å². The summed E-state index contributed by atoms with van der Waals surface area (Å²) in [7, 11) is 0. The van der Waals surface area contributed by atoms with Crippen LogP contribution in [-0.2, 0) is 4.74 Å². The summed E-state index contributed by atoms with van der Waals surface area (Å²) >= 11 is 3.46. The van der Waals surface area contributed by atoms with Gasteiger partial charge in [-0.1, -0.05) is 0 Å². The van der Waals surface area contributed by atoms with Gasteiger partial charge in [-0.25, -0.2) is 0 Å². The summed E-state index contributed by atoms with van der Waals surface area (Å²) in [6.07, 6.45) is 0. The second-order valence-corrected chi connectivity index (χ2v) is 4.48. The molecule has 0 aliphatic carbocycles. The van der Waals surface area contributed by atoms with Crippen molar-refractivity contribution in [1.82, 2.24) is 0 Å². The minimum absolute atomic E-state index is 0.408. The van der Waals surface area contributed by atoms with E-state index in [0.29, 0.717) is 5.56 Å². The number of nitrogens with zero attached hydrogens (tertiary/aromatic N) is 1. The largest absolute Gasteiger partial charge is 0.378 e. The Labute approximate surface area is 102 Å². The molecule has 1 amide bonds. The highest BCUT2D eigenvalue weighted by molar-refractivity contribution is 9.10. The molecule has 2 rings (SSSR count). The molecule has 0 saturated carbocycles. The quantitative estimate of drug-likeness (QED) is 0.893. The van der Waals surface area contributed by atoms with Crippen LogP contribution in [0.15, 0.2) is 22.7 Å². The normalized spacial score (nSPS) is 16.2. The SMILES string of the molecule is NC(=O)c1ccc(N2CCOCC2)c(Br)c1. The Balaban J connectivity index is 2.24. The van der Waals surface area contributed by atoms with E-state index in [1.54, 1.807) is 12.1 Å². The van der Waals surface area contributed by atoms with Gasteiger partial charge in [-0.2, -0.15) is 0 Å². The highest BCUT2D eigenvalue weighted by atomic mass is 79.9. The molecule has 1 heterocycles. The lowest BCUT2D eigenvalue weighted by Crippen LogP contribution is -2.36. The van der Waals surface area contributed by atoms with Gasteiger partial charge in [0.1, 0.15) is 0 Å². The van der Waals surface area contributed by atoms with Gasteiger partial charge in [0.25, 0.3) is 0 Å². The number of nitrogens with two attached hydrogens (primary N) is 1. The Bertz CT molecular complexity index is 403. The van der Waals surface area contributed by atoms with E-state index in [1.165, 1.54) is 0 Å². The van der Waals surface area contributed by atoms with E-state index in [4.69, 9.17) is 10.5 Å². The summed E-state index contributed by atoms with van der Waals surface area (Å²) < 4.78 is 6.19. The molecule has 0 spiro atoms. The van der Waals surface area contributed by atoms with Crippen molar-refractivity contribution >= 4 is 27.5 Å². The van der Waals surface area contributed by atoms with Crippen LogP contribution in [0.4, 0.5) is 5.69 Å². The smallest absolute Gasteiger partial charge is 0.248 e. The molecule has 16 heavy (non-hydrogen) atoms. The third kappa shape index (κ3) is 2.36. The summed E-state index contributed by atoms with van der Waals surface area (Å²) in [4.78, 5) is 13.2. The number of halogens is 1. The van der Waals surface area contributed by atoms with Gasteiger partial charge in [-0.05, 0) is 34.1 Å². The Hall–Kier alpha value is -1.07. The van der Waals surface area contributed by atoms with E-state index in [-0.39, 0.29) is 0 Å². The zero-order valence-electron chi connectivity index (χ0n) is 8.78. The first-order chi connectivity index (χ1) is 7.68. The number of amides is 1. The maximum atomic E-state index is 11.0. The fourth-order valence-electron chi connectivity index (χ4n) is 1.72. The average Bonchev–Trinajstić information content (AvgIpc) is 2.30. The van der Waals surface area contributed by atoms with Crippen LogP contribution in [0.25, 0.3) is 0 Å². The van der Waals surface area contributed by atoms with E-state index in [9.17, 15) is 4.79 Å². The first-order valence-corrected chi connectivity index (χ1v) is 5.90. The van der Waals surface area contributed by atoms with E-state index in [0.717, 1.165) is 36.5 Å². The van der Waals surface area contributed by atoms with E-state index >= 15 is 0 Å². The van der Waals surface area contributed by atoms with Gasteiger partial charge < -0.3 is 15.4 Å². The molecule has 1 saturated heterocycles. The summed E-state index contributed by atoms with van der Waals surface area (Å²) in [5.41, 5.74) is 6.81. The van der Waals surface area contributed by atoms with Crippen molar-refractivity contribution < 1.29 is 9.53 Å². The van der Waals surface area contributed by atoms with Gasteiger partial charge in [-0.3, -0.25) is 4.79 Å². The van der Waals surface area contributed by atoms with Crippen LogP contribution in [0, 0.1) is 0 Å². The third-order valence-electron chi connectivity index (χ3n) is 2.58. The van der Waals surface area contributed by atoms with Crippen molar-refractivity contribution in [3.05, 3.63) is 28.2 Å². The topological polar surface area (TPSA) is 55.6 Å². The Morgan fingerprint density at radius 1 is 1.38 bits per heavy atom. The predicted octanol–water partition coefficient (Wildman–Crippen LogP) is 1.38. The summed E-state index contributed by atoms with van der Waals surface area (Å²) in [5.74, 6) is -0.408. The van der Waals surface area contributed by atoms with Crippen molar-refractivity contribution in [2.24, 2.45) is 5.73 Å². The second kappa shape index (κ2) is 4.84. The molecule has 0 radical (unpaired) electrons. The molecule has 0 unspecified atom stereocenters. The molecule has 0 bridgehead atoms. The monoisotopic (exact) mass is 284 g/mol. The predicted molar refractivity (Wildman–Crippen MR) is 65.7 cm³/mol. The molecule has 0 atom stereocenters. The molecule has 4 nitrogen and oxygen atoms in total. The van der Waals surface area contributed by atoms with Crippen LogP contribution in [-0.4, -0.2) is 32.2 Å². The number of anilines is 1. The first kappa shape index (κ1) is 11.4. The number of benzene rings is 1. The van der Waals surface area contributed by atoms with Gasteiger partial charge in [0.2, 0.25) is 5.91 Å². The zero-order valence-corrected chi connectivity index (χ0v) is 10.4. The van der Waals surface area contributed by atoms with E-state index < -0.39 is 5.91 Å². The minimum atomic E-state index is -0.408. The molecule has 1 aromatic rings. The van der Waals surface area contributed by atoms with Crippen LogP contribution < -0.4 is 10.6 Å². The number of primary amides is 1. The number of rotatable bonds is 2. The fourth-order valence-corrected chi connectivity index (χ4v) is 2.35. The molecule has 1 fully saturated rings. The Morgan fingerprint density at radius 3 is 2.62 bits per heavy atom. The highest BCUT2D eigenvalue weighted by Gasteiger charge is 2.14. The maximum Gasteiger partial charge on any atom is 0.248 e. The average molecular weight is 285 g/mol. The fraction of sp³-hybridized carbons (Fsp3) is 0.364. The van der Waals surface area contributed by atoms with Gasteiger partial charge in [0.15, 0.2) is 0 Å².